The molecule has 3 rings (SSSR count). The number of piperidine rings is 1. The zero-order valence-corrected chi connectivity index (χ0v) is 10.9. The van der Waals surface area contributed by atoms with E-state index < -0.39 is 0 Å². The molecule has 2 heterocycles. The average molecular weight is 245 g/mol. The highest BCUT2D eigenvalue weighted by atomic mass is 16.5. The van der Waals surface area contributed by atoms with E-state index in [0.717, 1.165) is 43.0 Å². The minimum Gasteiger partial charge on any atom is -0.461 e. The van der Waals surface area contributed by atoms with Gasteiger partial charge < -0.3 is 10.1 Å². The molecule has 1 fully saturated rings. The lowest BCUT2D eigenvalue weighted by molar-refractivity contribution is 0.145. The van der Waals surface area contributed by atoms with Gasteiger partial charge in [-0.1, -0.05) is 12.1 Å². The van der Waals surface area contributed by atoms with Gasteiger partial charge in [0, 0.05) is 7.05 Å². The molecule has 0 saturated carbocycles. The van der Waals surface area contributed by atoms with Gasteiger partial charge in [0.05, 0.1) is 11.0 Å². The maximum atomic E-state index is 6.04. The van der Waals surface area contributed by atoms with Crippen molar-refractivity contribution in [1.29, 1.82) is 0 Å². The van der Waals surface area contributed by atoms with Crippen molar-refractivity contribution >= 4 is 11.0 Å². The highest BCUT2D eigenvalue weighted by Crippen LogP contribution is 2.24. The SMILES string of the molecule is Cc1cccc2c1nc(OC1CCNCC1)n2C. The molecule has 1 saturated heterocycles. The van der Waals surface area contributed by atoms with Crippen LogP contribution >= 0.6 is 0 Å². The number of aromatic nitrogens is 2. The Balaban J connectivity index is 1.92. The number of nitrogens with one attached hydrogen (secondary N) is 1. The standard InChI is InChI=1S/C14H19N3O/c1-10-4-3-5-12-13(10)16-14(17(12)2)18-11-6-8-15-9-7-11/h3-5,11,15H,6-9H2,1-2H3. The van der Waals surface area contributed by atoms with Crippen molar-refractivity contribution in [3.05, 3.63) is 23.8 Å². The third-order valence-electron chi connectivity index (χ3n) is 3.63. The van der Waals surface area contributed by atoms with Crippen molar-refractivity contribution in [2.24, 2.45) is 7.05 Å². The molecule has 4 nitrogen and oxygen atoms in total. The second kappa shape index (κ2) is 4.61. The van der Waals surface area contributed by atoms with Gasteiger partial charge in [0.25, 0.3) is 6.01 Å². The monoisotopic (exact) mass is 245 g/mol. The zero-order valence-electron chi connectivity index (χ0n) is 10.9. The predicted molar refractivity (Wildman–Crippen MR) is 72.0 cm³/mol. The van der Waals surface area contributed by atoms with E-state index in [4.69, 9.17) is 4.74 Å². The second-order valence-electron chi connectivity index (χ2n) is 4.96. The van der Waals surface area contributed by atoms with Gasteiger partial charge in [-0.15, -0.1) is 0 Å². The van der Waals surface area contributed by atoms with E-state index in [0.29, 0.717) is 6.10 Å². The Morgan fingerprint density at radius 2 is 2.11 bits per heavy atom. The Kier molecular flexibility index (Phi) is 2.96. The summed E-state index contributed by atoms with van der Waals surface area (Å²) in [4.78, 5) is 4.63. The molecule has 1 aliphatic rings. The third-order valence-corrected chi connectivity index (χ3v) is 3.63. The fourth-order valence-electron chi connectivity index (χ4n) is 2.50. The van der Waals surface area contributed by atoms with Gasteiger partial charge in [-0.25, -0.2) is 0 Å². The lowest BCUT2D eigenvalue weighted by Crippen LogP contribution is -2.34. The minimum absolute atomic E-state index is 0.294. The maximum Gasteiger partial charge on any atom is 0.297 e. The van der Waals surface area contributed by atoms with Gasteiger partial charge in [-0.3, -0.25) is 4.57 Å². The van der Waals surface area contributed by atoms with E-state index in [1.807, 2.05) is 11.6 Å². The quantitative estimate of drug-likeness (QED) is 0.879. The normalized spacial score (nSPS) is 17.2. The first kappa shape index (κ1) is 11.5. The smallest absolute Gasteiger partial charge is 0.297 e. The number of ether oxygens (including phenoxy) is 1. The van der Waals surface area contributed by atoms with E-state index in [1.54, 1.807) is 0 Å². The van der Waals surface area contributed by atoms with E-state index in [2.05, 4.69) is 35.4 Å². The first-order valence-corrected chi connectivity index (χ1v) is 6.55. The summed E-state index contributed by atoms with van der Waals surface area (Å²) in [7, 11) is 2.02. The van der Waals surface area contributed by atoms with Gasteiger partial charge in [0.15, 0.2) is 0 Å². The number of aryl methyl sites for hydroxylation is 2. The van der Waals surface area contributed by atoms with Crippen LogP contribution < -0.4 is 10.1 Å². The number of nitrogens with zero attached hydrogens (tertiary/aromatic N) is 2. The summed E-state index contributed by atoms with van der Waals surface area (Å²) in [6.07, 6.45) is 2.41. The lowest BCUT2D eigenvalue weighted by atomic mass is 10.1. The molecule has 0 atom stereocenters. The Morgan fingerprint density at radius 3 is 2.83 bits per heavy atom. The largest absolute Gasteiger partial charge is 0.461 e. The first-order valence-electron chi connectivity index (χ1n) is 6.55. The molecule has 0 bridgehead atoms. The molecule has 4 heteroatoms. The van der Waals surface area contributed by atoms with Gasteiger partial charge in [-0.2, -0.15) is 4.98 Å². The van der Waals surface area contributed by atoms with E-state index in [1.165, 1.54) is 5.56 Å². The minimum atomic E-state index is 0.294. The molecule has 1 aromatic carbocycles. The second-order valence-corrected chi connectivity index (χ2v) is 4.96. The van der Waals surface area contributed by atoms with Crippen LogP contribution in [0.2, 0.25) is 0 Å². The van der Waals surface area contributed by atoms with Crippen LogP contribution in [-0.2, 0) is 7.05 Å². The number of benzene rings is 1. The predicted octanol–water partition coefficient (Wildman–Crippen LogP) is 2.01. The highest BCUT2D eigenvalue weighted by Gasteiger charge is 2.18. The number of fused-ring (bicyclic) bond motifs is 1. The summed E-state index contributed by atoms with van der Waals surface area (Å²) in [5.41, 5.74) is 3.38. The summed E-state index contributed by atoms with van der Waals surface area (Å²) in [6.45, 7) is 4.16. The number of hydrogen-bond acceptors (Lipinski definition) is 3. The molecule has 1 N–H and O–H groups in total. The van der Waals surface area contributed by atoms with Crippen molar-refractivity contribution in [2.45, 2.75) is 25.9 Å². The molecule has 0 amide bonds. The zero-order chi connectivity index (χ0) is 12.5. The summed E-state index contributed by atoms with van der Waals surface area (Å²) in [6, 6.07) is 6.98. The number of hydrogen-bond donors (Lipinski definition) is 1. The molecule has 0 unspecified atom stereocenters. The Hall–Kier alpha value is -1.55. The van der Waals surface area contributed by atoms with Gasteiger partial charge in [-0.05, 0) is 44.5 Å². The van der Waals surface area contributed by atoms with Crippen molar-refractivity contribution in [3.63, 3.8) is 0 Å². The van der Waals surface area contributed by atoms with Gasteiger partial charge in [0.1, 0.15) is 6.10 Å². The van der Waals surface area contributed by atoms with Crippen LogP contribution in [0.1, 0.15) is 18.4 Å². The third kappa shape index (κ3) is 1.97. The van der Waals surface area contributed by atoms with Crippen LogP contribution in [0.3, 0.4) is 0 Å². The molecule has 0 radical (unpaired) electrons. The van der Waals surface area contributed by atoms with Crippen LogP contribution in [0.25, 0.3) is 11.0 Å². The molecule has 2 aromatic rings. The van der Waals surface area contributed by atoms with Crippen LogP contribution in [-0.4, -0.2) is 28.7 Å². The fraction of sp³-hybridized carbons (Fsp3) is 0.500. The summed E-state index contributed by atoms with van der Waals surface area (Å²) in [5, 5.41) is 3.34. The summed E-state index contributed by atoms with van der Waals surface area (Å²) < 4.78 is 8.08. The van der Waals surface area contributed by atoms with Crippen LogP contribution in [0.5, 0.6) is 6.01 Å². The highest BCUT2D eigenvalue weighted by molar-refractivity contribution is 5.80. The average Bonchev–Trinajstić information content (AvgIpc) is 2.70. The molecule has 96 valence electrons. The molecule has 0 aliphatic carbocycles. The van der Waals surface area contributed by atoms with E-state index >= 15 is 0 Å². The molecule has 1 aliphatic heterocycles. The lowest BCUT2D eigenvalue weighted by Gasteiger charge is -2.23. The molecule has 18 heavy (non-hydrogen) atoms. The van der Waals surface area contributed by atoms with Crippen molar-refractivity contribution in [1.82, 2.24) is 14.9 Å². The van der Waals surface area contributed by atoms with Gasteiger partial charge >= 0.3 is 0 Å². The number of para-hydroxylation sites is 1. The number of rotatable bonds is 2. The van der Waals surface area contributed by atoms with Crippen molar-refractivity contribution in [3.8, 4) is 6.01 Å². The summed E-state index contributed by atoms with van der Waals surface area (Å²) >= 11 is 0. The van der Waals surface area contributed by atoms with Gasteiger partial charge in [0.2, 0.25) is 0 Å². The summed E-state index contributed by atoms with van der Waals surface area (Å²) in [5.74, 6) is 0. The Labute approximate surface area is 107 Å². The van der Waals surface area contributed by atoms with E-state index in [9.17, 15) is 0 Å². The Morgan fingerprint density at radius 1 is 1.33 bits per heavy atom. The first-order chi connectivity index (χ1) is 8.75. The molecular weight excluding hydrogens is 226 g/mol. The topological polar surface area (TPSA) is 39.1 Å². The van der Waals surface area contributed by atoms with E-state index in [-0.39, 0.29) is 0 Å². The van der Waals surface area contributed by atoms with Crippen molar-refractivity contribution < 1.29 is 4.74 Å². The maximum absolute atomic E-state index is 6.04. The fourth-order valence-corrected chi connectivity index (χ4v) is 2.50. The van der Waals surface area contributed by atoms with Crippen molar-refractivity contribution in [2.75, 3.05) is 13.1 Å². The molecule has 1 aromatic heterocycles. The van der Waals surface area contributed by atoms with Crippen LogP contribution in [0.4, 0.5) is 0 Å². The number of imidazole rings is 1. The molecular formula is C14H19N3O. The van der Waals surface area contributed by atoms with Crippen LogP contribution in [0.15, 0.2) is 18.2 Å². The molecule has 0 spiro atoms. The Bertz CT molecular complexity index is 555. The van der Waals surface area contributed by atoms with Crippen LogP contribution in [0, 0.1) is 6.92 Å².